The van der Waals surface area contributed by atoms with E-state index in [1.165, 1.54) is 22.6 Å². The number of hydrogen-bond donors (Lipinski definition) is 1. The molecule has 0 aromatic heterocycles. The zero-order chi connectivity index (χ0) is 10.7. The van der Waals surface area contributed by atoms with Crippen LogP contribution in [-0.4, -0.2) is 36.3 Å². The van der Waals surface area contributed by atoms with Gasteiger partial charge in [0.05, 0.1) is 0 Å². The van der Waals surface area contributed by atoms with Crippen LogP contribution in [0.3, 0.4) is 0 Å². The Balaban J connectivity index is 1.85. The summed E-state index contributed by atoms with van der Waals surface area (Å²) in [5, 5.41) is 3.22. The van der Waals surface area contributed by atoms with Gasteiger partial charge in [0.1, 0.15) is 0 Å². The van der Waals surface area contributed by atoms with Crippen LogP contribution in [0.25, 0.3) is 0 Å². The topological polar surface area (TPSA) is 49.4 Å². The van der Waals surface area contributed by atoms with Gasteiger partial charge in [0.25, 0.3) is 11.8 Å². The monoisotopic (exact) mass is 206 g/mol. The minimum Gasteiger partial charge on any atom is -0.313 e. The van der Waals surface area contributed by atoms with E-state index < -0.39 is 0 Å². The van der Waals surface area contributed by atoms with Gasteiger partial charge >= 0.3 is 0 Å². The summed E-state index contributed by atoms with van der Waals surface area (Å²) in [4.78, 5) is 23.8. The number of hydrogen-bond acceptors (Lipinski definition) is 3. The largest absolute Gasteiger partial charge is 0.313 e. The molecule has 80 valence electrons. The van der Waals surface area contributed by atoms with E-state index in [2.05, 4.69) is 11.4 Å². The molecule has 0 aromatic carbocycles. The van der Waals surface area contributed by atoms with Crippen LogP contribution in [0.15, 0.2) is 23.8 Å². The van der Waals surface area contributed by atoms with Crippen LogP contribution >= 0.6 is 0 Å². The molecule has 0 saturated carbocycles. The molecule has 0 bridgehead atoms. The van der Waals surface area contributed by atoms with Crippen molar-refractivity contribution >= 4 is 11.8 Å². The molecule has 2 heterocycles. The van der Waals surface area contributed by atoms with Crippen LogP contribution in [0.5, 0.6) is 0 Å². The predicted octanol–water partition coefficient (Wildman–Crippen LogP) is 0.221. The summed E-state index contributed by atoms with van der Waals surface area (Å²) in [6, 6.07) is 0. The van der Waals surface area contributed by atoms with Crippen molar-refractivity contribution in [3.8, 4) is 0 Å². The molecule has 0 atom stereocenters. The molecule has 0 fully saturated rings. The van der Waals surface area contributed by atoms with Gasteiger partial charge in [-0.15, -0.1) is 0 Å². The molecule has 0 aliphatic carbocycles. The Bertz CT molecular complexity index is 326. The van der Waals surface area contributed by atoms with Crippen molar-refractivity contribution in [3.05, 3.63) is 23.8 Å². The van der Waals surface area contributed by atoms with Gasteiger partial charge in [-0.2, -0.15) is 0 Å². The third-order valence-electron chi connectivity index (χ3n) is 2.72. The number of nitrogens with one attached hydrogen (secondary N) is 1. The highest BCUT2D eigenvalue weighted by Gasteiger charge is 2.22. The first-order chi connectivity index (χ1) is 7.27. The van der Waals surface area contributed by atoms with E-state index in [0.29, 0.717) is 6.54 Å². The van der Waals surface area contributed by atoms with Crippen molar-refractivity contribution in [2.24, 2.45) is 0 Å². The Morgan fingerprint density at radius 1 is 1.27 bits per heavy atom. The first-order valence-electron chi connectivity index (χ1n) is 5.19. The van der Waals surface area contributed by atoms with Gasteiger partial charge in [-0.05, 0) is 19.4 Å². The van der Waals surface area contributed by atoms with Gasteiger partial charge in [-0.25, -0.2) is 0 Å². The van der Waals surface area contributed by atoms with E-state index in [1.54, 1.807) is 0 Å². The molecule has 4 heteroatoms. The summed E-state index contributed by atoms with van der Waals surface area (Å²) in [6.07, 6.45) is 6.63. The molecule has 2 aliphatic heterocycles. The van der Waals surface area contributed by atoms with Crippen molar-refractivity contribution in [2.45, 2.75) is 12.8 Å². The van der Waals surface area contributed by atoms with Crippen LogP contribution in [0, 0.1) is 0 Å². The Kier molecular flexibility index (Phi) is 2.97. The molecule has 0 unspecified atom stereocenters. The molecular weight excluding hydrogens is 192 g/mol. The zero-order valence-corrected chi connectivity index (χ0v) is 8.53. The molecule has 15 heavy (non-hydrogen) atoms. The average Bonchev–Trinajstić information content (AvgIpc) is 2.58. The third kappa shape index (κ3) is 2.33. The number of rotatable bonds is 3. The Morgan fingerprint density at radius 2 is 2.00 bits per heavy atom. The van der Waals surface area contributed by atoms with E-state index in [0.717, 1.165) is 25.9 Å². The fourth-order valence-corrected chi connectivity index (χ4v) is 1.80. The van der Waals surface area contributed by atoms with Crippen LogP contribution < -0.4 is 5.32 Å². The van der Waals surface area contributed by atoms with Gasteiger partial charge in [0, 0.05) is 25.2 Å². The fraction of sp³-hybridized carbons (Fsp3) is 0.455. The smallest absolute Gasteiger partial charge is 0.253 e. The molecule has 0 saturated heterocycles. The molecule has 2 amide bonds. The van der Waals surface area contributed by atoms with E-state index in [4.69, 9.17) is 0 Å². The van der Waals surface area contributed by atoms with Gasteiger partial charge in [0.2, 0.25) is 0 Å². The molecule has 0 aromatic rings. The van der Waals surface area contributed by atoms with E-state index in [-0.39, 0.29) is 11.8 Å². The maximum absolute atomic E-state index is 11.2. The highest BCUT2D eigenvalue weighted by atomic mass is 16.2. The molecule has 2 aliphatic rings. The van der Waals surface area contributed by atoms with Crippen molar-refractivity contribution in [3.63, 3.8) is 0 Å². The predicted molar refractivity (Wildman–Crippen MR) is 56.0 cm³/mol. The lowest BCUT2D eigenvalue weighted by molar-refractivity contribution is -0.136. The number of amides is 2. The average molecular weight is 206 g/mol. The lowest BCUT2D eigenvalue weighted by Gasteiger charge is -2.17. The van der Waals surface area contributed by atoms with Gasteiger partial charge in [-0.1, -0.05) is 11.6 Å². The number of carbonyl (C=O) groups is 2. The standard InChI is InChI=1S/C11H14N2O2/c14-10-1-2-11(15)13(10)8-5-9-3-6-12-7-4-9/h1-3,12H,4-8H2. The number of imide groups is 1. The summed E-state index contributed by atoms with van der Waals surface area (Å²) in [5.41, 5.74) is 1.33. The van der Waals surface area contributed by atoms with Crippen molar-refractivity contribution < 1.29 is 9.59 Å². The number of nitrogens with zero attached hydrogens (tertiary/aromatic N) is 1. The third-order valence-corrected chi connectivity index (χ3v) is 2.72. The molecule has 4 nitrogen and oxygen atoms in total. The quantitative estimate of drug-likeness (QED) is 0.531. The normalized spacial score (nSPS) is 21.1. The Labute approximate surface area is 88.6 Å². The first kappa shape index (κ1) is 10.1. The molecular formula is C11H14N2O2. The highest BCUT2D eigenvalue weighted by Crippen LogP contribution is 2.12. The lowest BCUT2D eigenvalue weighted by Crippen LogP contribution is -2.31. The van der Waals surface area contributed by atoms with Gasteiger partial charge < -0.3 is 5.32 Å². The number of carbonyl (C=O) groups excluding carboxylic acids is 2. The SMILES string of the molecule is O=C1C=CC(=O)N1CCC1=CCNCC1. The van der Waals surface area contributed by atoms with Crippen LogP contribution in [0.1, 0.15) is 12.8 Å². The maximum Gasteiger partial charge on any atom is 0.253 e. The first-order valence-corrected chi connectivity index (χ1v) is 5.19. The van der Waals surface area contributed by atoms with Crippen LogP contribution in [0.4, 0.5) is 0 Å². The second-order valence-electron chi connectivity index (χ2n) is 3.73. The molecule has 1 N–H and O–H groups in total. The Morgan fingerprint density at radius 3 is 2.60 bits per heavy atom. The van der Waals surface area contributed by atoms with Crippen molar-refractivity contribution in [1.29, 1.82) is 0 Å². The summed E-state index contributed by atoms with van der Waals surface area (Å²) in [7, 11) is 0. The van der Waals surface area contributed by atoms with Crippen LogP contribution in [0.2, 0.25) is 0 Å². The fourth-order valence-electron chi connectivity index (χ4n) is 1.80. The summed E-state index contributed by atoms with van der Waals surface area (Å²) >= 11 is 0. The van der Waals surface area contributed by atoms with Gasteiger partial charge in [-0.3, -0.25) is 14.5 Å². The van der Waals surface area contributed by atoms with E-state index in [1.807, 2.05) is 0 Å². The second-order valence-corrected chi connectivity index (χ2v) is 3.73. The van der Waals surface area contributed by atoms with Crippen molar-refractivity contribution in [1.82, 2.24) is 10.2 Å². The Hall–Kier alpha value is -1.42. The molecule has 0 radical (unpaired) electrons. The van der Waals surface area contributed by atoms with E-state index in [9.17, 15) is 9.59 Å². The summed E-state index contributed by atoms with van der Waals surface area (Å²) in [5.74, 6) is -0.371. The van der Waals surface area contributed by atoms with Gasteiger partial charge in [0.15, 0.2) is 0 Å². The van der Waals surface area contributed by atoms with E-state index >= 15 is 0 Å². The summed E-state index contributed by atoms with van der Waals surface area (Å²) in [6.45, 7) is 2.40. The minimum atomic E-state index is -0.186. The molecule has 2 rings (SSSR count). The zero-order valence-electron chi connectivity index (χ0n) is 8.53. The van der Waals surface area contributed by atoms with Crippen LogP contribution in [-0.2, 0) is 9.59 Å². The van der Waals surface area contributed by atoms with Crippen molar-refractivity contribution in [2.75, 3.05) is 19.6 Å². The highest BCUT2D eigenvalue weighted by molar-refractivity contribution is 6.12. The maximum atomic E-state index is 11.2. The summed E-state index contributed by atoms with van der Waals surface area (Å²) < 4.78 is 0. The molecule has 0 spiro atoms. The lowest BCUT2D eigenvalue weighted by atomic mass is 10.1. The second kappa shape index (κ2) is 4.40. The minimum absolute atomic E-state index is 0.186.